The monoisotopic (exact) mass is 335 g/mol. The maximum Gasteiger partial charge on any atom is 0.270 e. The van der Waals surface area contributed by atoms with Gasteiger partial charge in [-0.3, -0.25) is 9.69 Å². The van der Waals surface area contributed by atoms with Gasteiger partial charge in [0.15, 0.2) is 0 Å². The van der Waals surface area contributed by atoms with Gasteiger partial charge in [0.2, 0.25) is 0 Å². The molecule has 1 aliphatic rings. The van der Waals surface area contributed by atoms with Crippen molar-refractivity contribution in [2.45, 2.75) is 26.7 Å². The molecule has 7 heteroatoms. The molecule has 2 heterocycles. The number of nitrogens with zero attached hydrogens (tertiary/aromatic N) is 4. The van der Waals surface area contributed by atoms with E-state index in [2.05, 4.69) is 38.9 Å². The third-order valence-electron chi connectivity index (χ3n) is 4.01. The standard InChI is InChI=1S/C17H29N5O2/c1-3-6-22(7-4-2)16-13-15(19-14-20-16)17(23)18-5-8-21-9-11-24-12-10-21/h13-14H,3-12H2,1-2H3,(H,18,23). The van der Waals surface area contributed by atoms with Crippen molar-refractivity contribution in [1.29, 1.82) is 0 Å². The zero-order chi connectivity index (χ0) is 17.2. The van der Waals surface area contributed by atoms with Gasteiger partial charge in [-0.15, -0.1) is 0 Å². The minimum absolute atomic E-state index is 0.139. The molecule has 24 heavy (non-hydrogen) atoms. The smallest absolute Gasteiger partial charge is 0.270 e. The summed E-state index contributed by atoms with van der Waals surface area (Å²) < 4.78 is 5.32. The van der Waals surface area contributed by atoms with Crippen molar-refractivity contribution < 1.29 is 9.53 Å². The zero-order valence-corrected chi connectivity index (χ0v) is 14.8. The number of morpholine rings is 1. The van der Waals surface area contributed by atoms with E-state index in [0.717, 1.165) is 64.6 Å². The number of amides is 1. The Hall–Kier alpha value is -1.73. The Morgan fingerprint density at radius 2 is 1.96 bits per heavy atom. The number of anilines is 1. The minimum atomic E-state index is -0.139. The normalized spacial score (nSPS) is 15.2. The van der Waals surface area contributed by atoms with Gasteiger partial charge in [0.05, 0.1) is 13.2 Å². The summed E-state index contributed by atoms with van der Waals surface area (Å²) in [5.41, 5.74) is 0.430. The summed E-state index contributed by atoms with van der Waals surface area (Å²) in [7, 11) is 0. The van der Waals surface area contributed by atoms with Gasteiger partial charge in [-0.05, 0) is 12.8 Å². The molecule has 0 spiro atoms. The Bertz CT molecular complexity index is 500. The molecule has 0 aromatic carbocycles. The predicted octanol–water partition coefficient (Wildman–Crippen LogP) is 1.17. The van der Waals surface area contributed by atoms with Crippen LogP contribution in [-0.4, -0.2) is 73.3 Å². The molecule has 0 radical (unpaired) electrons. The average molecular weight is 335 g/mol. The first-order valence-corrected chi connectivity index (χ1v) is 8.89. The number of hydrogen-bond donors (Lipinski definition) is 1. The van der Waals surface area contributed by atoms with Crippen LogP contribution in [0, 0.1) is 0 Å². The lowest BCUT2D eigenvalue weighted by Crippen LogP contribution is -2.41. The number of aromatic nitrogens is 2. The summed E-state index contributed by atoms with van der Waals surface area (Å²) in [5.74, 6) is 0.687. The Kier molecular flexibility index (Phi) is 7.91. The van der Waals surface area contributed by atoms with Gasteiger partial charge < -0.3 is 15.0 Å². The van der Waals surface area contributed by atoms with Crippen LogP contribution in [-0.2, 0) is 4.74 Å². The number of nitrogens with one attached hydrogen (secondary N) is 1. The fraction of sp³-hybridized carbons (Fsp3) is 0.706. The van der Waals surface area contributed by atoms with E-state index in [1.165, 1.54) is 6.33 Å². The van der Waals surface area contributed by atoms with Crippen LogP contribution >= 0.6 is 0 Å². The quantitative estimate of drug-likeness (QED) is 0.730. The highest BCUT2D eigenvalue weighted by atomic mass is 16.5. The van der Waals surface area contributed by atoms with E-state index in [1.54, 1.807) is 6.07 Å². The van der Waals surface area contributed by atoms with Crippen molar-refractivity contribution in [3.63, 3.8) is 0 Å². The highest BCUT2D eigenvalue weighted by molar-refractivity contribution is 5.92. The van der Waals surface area contributed by atoms with Crippen LogP contribution in [0.2, 0.25) is 0 Å². The summed E-state index contributed by atoms with van der Waals surface area (Å²) in [4.78, 5) is 25.3. The Balaban J connectivity index is 1.87. The Morgan fingerprint density at radius 1 is 1.25 bits per heavy atom. The molecule has 1 fully saturated rings. The lowest BCUT2D eigenvalue weighted by Gasteiger charge is -2.26. The summed E-state index contributed by atoms with van der Waals surface area (Å²) in [6.07, 6.45) is 3.57. The molecule has 1 N–H and O–H groups in total. The maximum atomic E-state index is 12.3. The molecular weight excluding hydrogens is 306 g/mol. The van der Waals surface area contributed by atoms with Gasteiger partial charge in [0.25, 0.3) is 5.91 Å². The van der Waals surface area contributed by atoms with E-state index in [0.29, 0.717) is 12.2 Å². The molecule has 7 nitrogen and oxygen atoms in total. The fourth-order valence-corrected chi connectivity index (χ4v) is 2.77. The van der Waals surface area contributed by atoms with Crippen LogP contribution in [0.5, 0.6) is 0 Å². The van der Waals surface area contributed by atoms with Gasteiger partial charge in [-0.2, -0.15) is 0 Å². The van der Waals surface area contributed by atoms with Gasteiger partial charge in [0, 0.05) is 45.3 Å². The first kappa shape index (κ1) is 18.6. The first-order chi connectivity index (χ1) is 11.7. The van der Waals surface area contributed by atoms with Crippen LogP contribution in [0.15, 0.2) is 12.4 Å². The van der Waals surface area contributed by atoms with Crippen LogP contribution in [0.25, 0.3) is 0 Å². The highest BCUT2D eigenvalue weighted by Crippen LogP contribution is 2.12. The SMILES string of the molecule is CCCN(CCC)c1cc(C(=O)NCCN2CCOCC2)ncn1. The van der Waals surface area contributed by atoms with Gasteiger partial charge >= 0.3 is 0 Å². The molecule has 134 valence electrons. The van der Waals surface area contributed by atoms with Crippen molar-refractivity contribution in [1.82, 2.24) is 20.2 Å². The molecule has 0 aliphatic carbocycles. The van der Waals surface area contributed by atoms with Crippen molar-refractivity contribution in [3.05, 3.63) is 18.1 Å². The molecule has 2 rings (SSSR count). The summed E-state index contributed by atoms with van der Waals surface area (Å²) in [6.45, 7) is 11.0. The zero-order valence-electron chi connectivity index (χ0n) is 14.8. The number of ether oxygens (including phenoxy) is 1. The summed E-state index contributed by atoms with van der Waals surface area (Å²) in [6, 6.07) is 1.79. The van der Waals surface area contributed by atoms with E-state index < -0.39 is 0 Å². The van der Waals surface area contributed by atoms with Gasteiger partial charge in [0.1, 0.15) is 17.8 Å². The molecule has 0 bridgehead atoms. The summed E-state index contributed by atoms with van der Waals surface area (Å²) in [5, 5.41) is 2.95. The lowest BCUT2D eigenvalue weighted by atomic mass is 10.3. The molecule has 0 atom stereocenters. The van der Waals surface area contributed by atoms with E-state index in [9.17, 15) is 4.79 Å². The van der Waals surface area contributed by atoms with Crippen molar-refractivity contribution in [2.24, 2.45) is 0 Å². The van der Waals surface area contributed by atoms with Crippen molar-refractivity contribution in [3.8, 4) is 0 Å². The van der Waals surface area contributed by atoms with E-state index in [4.69, 9.17) is 4.74 Å². The molecule has 1 aromatic rings. The molecular formula is C17H29N5O2. The van der Waals surface area contributed by atoms with Crippen molar-refractivity contribution in [2.75, 3.05) is 57.4 Å². The highest BCUT2D eigenvalue weighted by Gasteiger charge is 2.13. The van der Waals surface area contributed by atoms with E-state index in [-0.39, 0.29) is 5.91 Å². The van der Waals surface area contributed by atoms with Gasteiger partial charge in [-0.25, -0.2) is 9.97 Å². The molecule has 0 saturated carbocycles. The maximum absolute atomic E-state index is 12.3. The number of hydrogen-bond acceptors (Lipinski definition) is 6. The summed E-state index contributed by atoms with van der Waals surface area (Å²) >= 11 is 0. The lowest BCUT2D eigenvalue weighted by molar-refractivity contribution is 0.0383. The van der Waals surface area contributed by atoms with Crippen LogP contribution in [0.4, 0.5) is 5.82 Å². The number of carbonyl (C=O) groups is 1. The first-order valence-electron chi connectivity index (χ1n) is 8.89. The molecule has 1 saturated heterocycles. The molecule has 1 aliphatic heterocycles. The Morgan fingerprint density at radius 3 is 2.62 bits per heavy atom. The second-order valence-corrected chi connectivity index (χ2v) is 5.96. The van der Waals surface area contributed by atoms with Gasteiger partial charge in [-0.1, -0.05) is 13.8 Å². The predicted molar refractivity (Wildman–Crippen MR) is 94.4 cm³/mol. The molecule has 0 unspecified atom stereocenters. The van der Waals surface area contributed by atoms with Crippen molar-refractivity contribution >= 4 is 11.7 Å². The second-order valence-electron chi connectivity index (χ2n) is 5.96. The largest absolute Gasteiger partial charge is 0.379 e. The third-order valence-corrected chi connectivity index (χ3v) is 4.01. The minimum Gasteiger partial charge on any atom is -0.379 e. The number of rotatable bonds is 9. The van der Waals surface area contributed by atoms with Crippen LogP contribution in [0.3, 0.4) is 0 Å². The average Bonchev–Trinajstić information content (AvgIpc) is 2.62. The Labute approximate surface area is 144 Å². The molecule has 1 amide bonds. The second kappa shape index (κ2) is 10.2. The number of carbonyl (C=O) groups excluding carboxylic acids is 1. The van der Waals surface area contributed by atoms with E-state index in [1.807, 2.05) is 0 Å². The van der Waals surface area contributed by atoms with Crippen LogP contribution in [0.1, 0.15) is 37.2 Å². The fourth-order valence-electron chi connectivity index (χ4n) is 2.77. The molecule has 1 aromatic heterocycles. The topological polar surface area (TPSA) is 70.6 Å². The van der Waals surface area contributed by atoms with Crippen LogP contribution < -0.4 is 10.2 Å². The van der Waals surface area contributed by atoms with E-state index >= 15 is 0 Å². The third kappa shape index (κ3) is 5.72.